The summed E-state index contributed by atoms with van der Waals surface area (Å²) < 4.78 is 12.7. The van der Waals surface area contributed by atoms with Crippen LogP contribution in [0, 0.1) is 6.92 Å². The van der Waals surface area contributed by atoms with Gasteiger partial charge in [-0.3, -0.25) is 4.79 Å². The summed E-state index contributed by atoms with van der Waals surface area (Å²) in [7, 11) is 3.22. The molecule has 33 heavy (non-hydrogen) atoms. The number of hydrogen-bond acceptors (Lipinski definition) is 5. The van der Waals surface area contributed by atoms with Gasteiger partial charge in [-0.15, -0.1) is 0 Å². The molecule has 0 radical (unpaired) electrons. The first-order valence-corrected chi connectivity index (χ1v) is 11.4. The molecule has 1 amide bonds. The molecule has 0 aliphatic carbocycles. The van der Waals surface area contributed by atoms with Crippen LogP contribution in [-0.2, 0) is 12.1 Å². The second-order valence-electron chi connectivity index (χ2n) is 9.62. The summed E-state index contributed by atoms with van der Waals surface area (Å²) in [4.78, 5) is 20.6. The first-order chi connectivity index (χ1) is 15.5. The third-order valence-corrected chi connectivity index (χ3v) is 5.78. The van der Waals surface area contributed by atoms with Crippen molar-refractivity contribution in [1.82, 2.24) is 19.7 Å². The standard InChI is InChI=1S/C26H36N4O3/c1-10-29(15-18-11-12-21(32-8)22(13-18)33-9)25(31)19-14-20(16(2)3)27-24-23(19)17(4)28-30(24)26(5,6)7/h11-14,16H,10,15H2,1-9H3. The number of methoxy groups -OCH3 is 2. The number of ether oxygens (including phenoxy) is 2. The predicted octanol–water partition coefficient (Wildman–Crippen LogP) is 5.30. The number of rotatable bonds is 7. The van der Waals surface area contributed by atoms with Gasteiger partial charge in [0.25, 0.3) is 5.91 Å². The number of fused-ring (bicyclic) bond motifs is 1. The molecular formula is C26H36N4O3. The monoisotopic (exact) mass is 452 g/mol. The summed E-state index contributed by atoms with van der Waals surface area (Å²) >= 11 is 0. The zero-order valence-electron chi connectivity index (χ0n) is 21.3. The van der Waals surface area contributed by atoms with Gasteiger partial charge in [0.15, 0.2) is 17.1 Å². The van der Waals surface area contributed by atoms with Crippen molar-refractivity contribution in [2.24, 2.45) is 0 Å². The molecule has 0 aliphatic rings. The summed E-state index contributed by atoms with van der Waals surface area (Å²) in [6.07, 6.45) is 0. The molecule has 0 fully saturated rings. The van der Waals surface area contributed by atoms with Crippen LogP contribution >= 0.6 is 0 Å². The van der Waals surface area contributed by atoms with E-state index in [2.05, 4.69) is 34.6 Å². The Kier molecular flexibility index (Phi) is 7.00. The molecule has 7 nitrogen and oxygen atoms in total. The number of carbonyl (C=O) groups is 1. The molecular weight excluding hydrogens is 416 g/mol. The van der Waals surface area contributed by atoms with Gasteiger partial charge >= 0.3 is 0 Å². The Balaban J connectivity index is 2.10. The van der Waals surface area contributed by atoms with Crippen LogP contribution in [0.25, 0.3) is 11.0 Å². The maximum atomic E-state index is 13.9. The summed E-state index contributed by atoms with van der Waals surface area (Å²) in [6.45, 7) is 15.4. The lowest BCUT2D eigenvalue weighted by Gasteiger charge is -2.23. The molecule has 2 aromatic heterocycles. The lowest BCUT2D eigenvalue weighted by atomic mass is 10.0. The van der Waals surface area contributed by atoms with E-state index in [0.29, 0.717) is 30.2 Å². The molecule has 0 saturated carbocycles. The van der Waals surface area contributed by atoms with Crippen LogP contribution in [0.2, 0.25) is 0 Å². The highest BCUT2D eigenvalue weighted by Crippen LogP contribution is 2.31. The maximum absolute atomic E-state index is 13.9. The Morgan fingerprint density at radius 1 is 1.12 bits per heavy atom. The van der Waals surface area contributed by atoms with Gasteiger partial charge < -0.3 is 14.4 Å². The van der Waals surface area contributed by atoms with E-state index in [9.17, 15) is 4.79 Å². The van der Waals surface area contributed by atoms with Gasteiger partial charge in [-0.25, -0.2) is 9.67 Å². The summed E-state index contributed by atoms with van der Waals surface area (Å²) in [6, 6.07) is 7.68. The first-order valence-electron chi connectivity index (χ1n) is 11.4. The Labute approximate surface area is 196 Å². The zero-order chi connectivity index (χ0) is 24.5. The van der Waals surface area contributed by atoms with Crippen molar-refractivity contribution in [3.8, 4) is 11.5 Å². The number of aromatic nitrogens is 3. The van der Waals surface area contributed by atoms with Gasteiger partial charge in [-0.2, -0.15) is 5.10 Å². The van der Waals surface area contributed by atoms with Gasteiger partial charge in [0, 0.05) is 18.8 Å². The van der Waals surface area contributed by atoms with Gasteiger partial charge in [-0.05, 0) is 64.3 Å². The normalized spacial score (nSPS) is 11.8. The molecule has 0 unspecified atom stereocenters. The number of nitrogens with zero attached hydrogens (tertiary/aromatic N) is 4. The Morgan fingerprint density at radius 3 is 2.33 bits per heavy atom. The highest BCUT2D eigenvalue weighted by atomic mass is 16.5. The molecule has 0 aliphatic heterocycles. The number of carbonyl (C=O) groups excluding carboxylic acids is 1. The maximum Gasteiger partial charge on any atom is 0.255 e. The summed E-state index contributed by atoms with van der Waals surface area (Å²) in [5.74, 6) is 1.47. The van der Waals surface area contributed by atoms with Crippen LogP contribution in [0.4, 0.5) is 0 Å². The minimum Gasteiger partial charge on any atom is -0.493 e. The molecule has 0 spiro atoms. The van der Waals surface area contributed by atoms with Crippen LogP contribution < -0.4 is 9.47 Å². The molecule has 0 N–H and O–H groups in total. The van der Waals surface area contributed by atoms with Crippen LogP contribution in [0.3, 0.4) is 0 Å². The van der Waals surface area contributed by atoms with E-state index >= 15 is 0 Å². The number of aryl methyl sites for hydroxylation is 1. The van der Waals surface area contributed by atoms with E-state index in [1.54, 1.807) is 14.2 Å². The average molecular weight is 453 g/mol. The fraction of sp³-hybridized carbons (Fsp3) is 0.500. The van der Waals surface area contributed by atoms with Crippen molar-refractivity contribution < 1.29 is 14.3 Å². The van der Waals surface area contributed by atoms with Crippen molar-refractivity contribution in [2.45, 2.75) is 66.5 Å². The molecule has 7 heteroatoms. The summed E-state index contributed by atoms with van der Waals surface area (Å²) in [5.41, 5.74) is 3.83. The lowest BCUT2D eigenvalue weighted by molar-refractivity contribution is 0.0754. The van der Waals surface area contributed by atoms with Crippen molar-refractivity contribution in [3.63, 3.8) is 0 Å². The lowest BCUT2D eigenvalue weighted by Crippen LogP contribution is -2.31. The minimum absolute atomic E-state index is 0.0295. The van der Waals surface area contributed by atoms with Crippen LogP contribution in [0.1, 0.15) is 74.8 Å². The van der Waals surface area contributed by atoms with E-state index in [0.717, 1.165) is 28.0 Å². The Bertz CT molecular complexity index is 1160. The SMILES string of the molecule is CCN(Cc1ccc(OC)c(OC)c1)C(=O)c1cc(C(C)C)nc2c1c(C)nn2C(C)(C)C. The highest BCUT2D eigenvalue weighted by Gasteiger charge is 2.27. The Hall–Kier alpha value is -3.09. The van der Waals surface area contributed by atoms with E-state index in [1.807, 2.05) is 47.7 Å². The molecule has 178 valence electrons. The first kappa shape index (κ1) is 24.6. The quantitative estimate of drug-likeness (QED) is 0.487. The minimum atomic E-state index is -0.250. The van der Waals surface area contributed by atoms with Crippen molar-refractivity contribution in [3.05, 3.63) is 46.8 Å². The second-order valence-corrected chi connectivity index (χ2v) is 9.62. The number of pyridine rings is 1. The molecule has 0 bridgehead atoms. The molecule has 3 aromatic rings. The molecule has 0 atom stereocenters. The summed E-state index contributed by atoms with van der Waals surface area (Å²) in [5, 5.41) is 5.59. The van der Waals surface area contributed by atoms with Crippen LogP contribution in [0.15, 0.2) is 24.3 Å². The average Bonchev–Trinajstić information content (AvgIpc) is 3.13. The number of amides is 1. The van der Waals surface area contributed by atoms with Gasteiger partial charge in [0.2, 0.25) is 0 Å². The van der Waals surface area contributed by atoms with E-state index in [-0.39, 0.29) is 17.4 Å². The van der Waals surface area contributed by atoms with E-state index < -0.39 is 0 Å². The largest absolute Gasteiger partial charge is 0.493 e. The van der Waals surface area contributed by atoms with E-state index in [4.69, 9.17) is 19.6 Å². The van der Waals surface area contributed by atoms with Crippen LogP contribution in [-0.4, -0.2) is 46.3 Å². The highest BCUT2D eigenvalue weighted by molar-refractivity contribution is 6.06. The van der Waals surface area contributed by atoms with Gasteiger partial charge in [-0.1, -0.05) is 19.9 Å². The second kappa shape index (κ2) is 9.41. The van der Waals surface area contributed by atoms with Gasteiger partial charge in [0.1, 0.15) is 0 Å². The van der Waals surface area contributed by atoms with E-state index in [1.165, 1.54) is 0 Å². The van der Waals surface area contributed by atoms with Gasteiger partial charge in [0.05, 0.1) is 36.4 Å². The Morgan fingerprint density at radius 2 is 1.79 bits per heavy atom. The number of hydrogen-bond donors (Lipinski definition) is 0. The number of benzene rings is 1. The fourth-order valence-corrected chi connectivity index (χ4v) is 3.94. The van der Waals surface area contributed by atoms with Crippen molar-refractivity contribution >= 4 is 16.9 Å². The topological polar surface area (TPSA) is 69.5 Å². The van der Waals surface area contributed by atoms with Crippen LogP contribution in [0.5, 0.6) is 11.5 Å². The third-order valence-electron chi connectivity index (χ3n) is 5.78. The zero-order valence-corrected chi connectivity index (χ0v) is 21.3. The molecule has 0 saturated heterocycles. The van der Waals surface area contributed by atoms with Crippen molar-refractivity contribution in [1.29, 1.82) is 0 Å². The predicted molar refractivity (Wildman–Crippen MR) is 131 cm³/mol. The fourth-order valence-electron chi connectivity index (χ4n) is 3.94. The third kappa shape index (κ3) is 4.82. The molecule has 1 aromatic carbocycles. The smallest absolute Gasteiger partial charge is 0.255 e. The molecule has 3 rings (SSSR count). The molecule has 2 heterocycles. The van der Waals surface area contributed by atoms with Crippen molar-refractivity contribution in [2.75, 3.05) is 20.8 Å².